The van der Waals surface area contributed by atoms with E-state index in [0.29, 0.717) is 5.75 Å². The highest BCUT2D eigenvalue weighted by molar-refractivity contribution is 5.78. The molecule has 2 atom stereocenters. The number of rotatable bonds is 4. The standard InChI is InChI=1S/C12H16N2O3/c13-12(17)11(16)6-14-9-5-4-8-7(9)2-1-3-10(8)15/h1-3,9,11,14-16H,4-6H2,(H2,13,17). The summed E-state index contributed by atoms with van der Waals surface area (Å²) >= 11 is 0. The number of carbonyl (C=O) groups excluding carboxylic acids is 1. The minimum atomic E-state index is -1.17. The number of aliphatic hydroxyl groups excluding tert-OH is 1. The molecule has 0 aromatic heterocycles. The fourth-order valence-corrected chi connectivity index (χ4v) is 2.20. The van der Waals surface area contributed by atoms with Gasteiger partial charge in [-0.1, -0.05) is 12.1 Å². The van der Waals surface area contributed by atoms with E-state index in [4.69, 9.17) is 5.73 Å². The van der Waals surface area contributed by atoms with Gasteiger partial charge in [-0.05, 0) is 30.0 Å². The molecule has 0 spiro atoms. The summed E-state index contributed by atoms with van der Waals surface area (Å²) in [6.45, 7) is 0.134. The molecule has 5 N–H and O–H groups in total. The Balaban J connectivity index is 2.03. The first kappa shape index (κ1) is 11.9. The van der Waals surface area contributed by atoms with Crippen LogP contribution in [0, 0.1) is 0 Å². The number of benzene rings is 1. The van der Waals surface area contributed by atoms with Crippen LogP contribution in [0.2, 0.25) is 0 Å². The van der Waals surface area contributed by atoms with Crippen LogP contribution in [0.25, 0.3) is 0 Å². The van der Waals surface area contributed by atoms with E-state index in [-0.39, 0.29) is 12.6 Å². The molecule has 0 bridgehead atoms. The first-order valence-electron chi connectivity index (χ1n) is 5.61. The van der Waals surface area contributed by atoms with Gasteiger partial charge in [-0.2, -0.15) is 0 Å². The molecular formula is C12H16N2O3. The maximum Gasteiger partial charge on any atom is 0.247 e. The van der Waals surface area contributed by atoms with E-state index in [1.165, 1.54) is 0 Å². The van der Waals surface area contributed by atoms with Crippen LogP contribution in [0.4, 0.5) is 0 Å². The average molecular weight is 236 g/mol. The van der Waals surface area contributed by atoms with Crippen molar-refractivity contribution in [1.82, 2.24) is 5.32 Å². The molecule has 1 aliphatic rings. The number of nitrogens with one attached hydrogen (secondary N) is 1. The number of phenolic OH excluding ortho intramolecular Hbond substituents is 1. The number of phenols is 1. The number of carbonyl (C=O) groups is 1. The van der Waals surface area contributed by atoms with Gasteiger partial charge in [0.15, 0.2) is 0 Å². The summed E-state index contributed by atoms with van der Waals surface area (Å²) in [5.74, 6) is -0.422. The minimum Gasteiger partial charge on any atom is -0.508 e. The Morgan fingerprint density at radius 3 is 3.06 bits per heavy atom. The van der Waals surface area contributed by atoms with Crippen LogP contribution < -0.4 is 11.1 Å². The normalized spacial score (nSPS) is 19.9. The van der Waals surface area contributed by atoms with Crippen molar-refractivity contribution >= 4 is 5.91 Å². The zero-order valence-corrected chi connectivity index (χ0v) is 9.39. The van der Waals surface area contributed by atoms with Gasteiger partial charge in [-0.25, -0.2) is 0 Å². The molecule has 0 saturated carbocycles. The van der Waals surface area contributed by atoms with Gasteiger partial charge in [0, 0.05) is 12.6 Å². The lowest BCUT2D eigenvalue weighted by Gasteiger charge is -2.15. The first-order valence-corrected chi connectivity index (χ1v) is 5.61. The largest absolute Gasteiger partial charge is 0.508 e. The van der Waals surface area contributed by atoms with E-state index < -0.39 is 12.0 Å². The third-order valence-electron chi connectivity index (χ3n) is 3.13. The van der Waals surface area contributed by atoms with Crippen LogP contribution >= 0.6 is 0 Å². The highest BCUT2D eigenvalue weighted by Crippen LogP contribution is 2.35. The first-order chi connectivity index (χ1) is 8.09. The summed E-state index contributed by atoms with van der Waals surface area (Å²) in [5, 5.41) is 22.1. The Kier molecular flexibility index (Phi) is 3.31. The zero-order valence-electron chi connectivity index (χ0n) is 9.39. The fraction of sp³-hybridized carbons (Fsp3) is 0.417. The second-order valence-electron chi connectivity index (χ2n) is 4.26. The summed E-state index contributed by atoms with van der Waals surface area (Å²) in [5.41, 5.74) is 6.94. The van der Waals surface area contributed by atoms with Gasteiger partial charge in [-0.15, -0.1) is 0 Å². The lowest BCUT2D eigenvalue weighted by atomic mass is 10.1. The van der Waals surface area contributed by atoms with E-state index >= 15 is 0 Å². The zero-order chi connectivity index (χ0) is 12.4. The van der Waals surface area contributed by atoms with Crippen molar-refractivity contribution in [2.24, 2.45) is 5.73 Å². The topological polar surface area (TPSA) is 95.6 Å². The second-order valence-corrected chi connectivity index (χ2v) is 4.26. The van der Waals surface area contributed by atoms with Crippen LogP contribution in [0.3, 0.4) is 0 Å². The van der Waals surface area contributed by atoms with Crippen molar-refractivity contribution in [2.45, 2.75) is 25.0 Å². The number of nitrogens with two attached hydrogens (primary N) is 1. The number of hydrogen-bond acceptors (Lipinski definition) is 4. The molecule has 0 saturated heterocycles. The number of aromatic hydroxyl groups is 1. The van der Waals surface area contributed by atoms with Crippen LogP contribution in [0.1, 0.15) is 23.6 Å². The average Bonchev–Trinajstić information content (AvgIpc) is 2.70. The lowest BCUT2D eigenvalue weighted by molar-refractivity contribution is -0.125. The molecule has 92 valence electrons. The summed E-state index contributed by atoms with van der Waals surface area (Å²) < 4.78 is 0. The van der Waals surface area contributed by atoms with Gasteiger partial charge in [0.05, 0.1) is 0 Å². The van der Waals surface area contributed by atoms with Crippen LogP contribution in [-0.2, 0) is 11.2 Å². The van der Waals surface area contributed by atoms with E-state index in [9.17, 15) is 15.0 Å². The summed E-state index contributed by atoms with van der Waals surface area (Å²) in [6, 6.07) is 5.46. The Labute approximate surface area is 99.3 Å². The Bertz CT molecular complexity index is 434. The van der Waals surface area contributed by atoms with Crippen molar-refractivity contribution in [3.8, 4) is 5.75 Å². The van der Waals surface area contributed by atoms with Gasteiger partial charge in [0.2, 0.25) is 5.91 Å². The predicted octanol–water partition coefficient (Wildman–Crippen LogP) is -0.185. The van der Waals surface area contributed by atoms with Crippen LogP contribution in [-0.4, -0.2) is 28.8 Å². The van der Waals surface area contributed by atoms with Crippen LogP contribution in [0.5, 0.6) is 5.75 Å². The Morgan fingerprint density at radius 2 is 2.35 bits per heavy atom. The SMILES string of the molecule is NC(=O)C(O)CNC1CCc2c(O)cccc21. The molecule has 1 amide bonds. The van der Waals surface area contributed by atoms with Crippen molar-refractivity contribution in [3.05, 3.63) is 29.3 Å². The monoisotopic (exact) mass is 236 g/mol. The smallest absolute Gasteiger partial charge is 0.247 e. The maximum absolute atomic E-state index is 10.7. The third kappa shape index (κ3) is 2.40. The van der Waals surface area contributed by atoms with Crippen molar-refractivity contribution in [1.29, 1.82) is 0 Å². The molecule has 1 aliphatic carbocycles. The molecule has 0 radical (unpaired) electrons. The second kappa shape index (κ2) is 4.73. The molecule has 1 aromatic carbocycles. The summed E-state index contributed by atoms with van der Waals surface area (Å²) in [6.07, 6.45) is 0.474. The molecule has 0 heterocycles. The van der Waals surface area contributed by atoms with Gasteiger partial charge in [0.1, 0.15) is 11.9 Å². The minimum absolute atomic E-state index is 0.0612. The van der Waals surface area contributed by atoms with E-state index in [2.05, 4.69) is 5.32 Å². The molecule has 1 aromatic rings. The molecule has 5 nitrogen and oxygen atoms in total. The van der Waals surface area contributed by atoms with E-state index in [0.717, 1.165) is 24.0 Å². The van der Waals surface area contributed by atoms with E-state index in [1.54, 1.807) is 12.1 Å². The molecule has 17 heavy (non-hydrogen) atoms. The number of aliphatic hydroxyl groups is 1. The maximum atomic E-state index is 10.7. The number of hydrogen-bond donors (Lipinski definition) is 4. The molecule has 0 aliphatic heterocycles. The quantitative estimate of drug-likeness (QED) is 0.583. The summed E-state index contributed by atoms with van der Waals surface area (Å²) in [4.78, 5) is 10.7. The van der Waals surface area contributed by atoms with Crippen molar-refractivity contribution in [3.63, 3.8) is 0 Å². The Hall–Kier alpha value is -1.59. The van der Waals surface area contributed by atoms with Crippen molar-refractivity contribution in [2.75, 3.05) is 6.54 Å². The fourth-order valence-electron chi connectivity index (χ4n) is 2.20. The molecule has 5 heteroatoms. The number of primary amides is 1. The van der Waals surface area contributed by atoms with Crippen LogP contribution in [0.15, 0.2) is 18.2 Å². The van der Waals surface area contributed by atoms with Gasteiger partial charge in [-0.3, -0.25) is 4.79 Å². The highest BCUT2D eigenvalue weighted by atomic mass is 16.3. The van der Waals surface area contributed by atoms with Gasteiger partial charge >= 0.3 is 0 Å². The van der Waals surface area contributed by atoms with Gasteiger partial charge < -0.3 is 21.3 Å². The molecular weight excluding hydrogens is 220 g/mol. The molecule has 2 rings (SSSR count). The highest BCUT2D eigenvalue weighted by Gasteiger charge is 2.25. The van der Waals surface area contributed by atoms with Gasteiger partial charge in [0.25, 0.3) is 0 Å². The third-order valence-corrected chi connectivity index (χ3v) is 3.13. The molecule has 2 unspecified atom stereocenters. The Morgan fingerprint density at radius 1 is 1.59 bits per heavy atom. The van der Waals surface area contributed by atoms with Crippen molar-refractivity contribution < 1.29 is 15.0 Å². The lowest BCUT2D eigenvalue weighted by Crippen LogP contribution is -2.38. The van der Waals surface area contributed by atoms with E-state index in [1.807, 2.05) is 6.07 Å². The predicted molar refractivity (Wildman–Crippen MR) is 62.4 cm³/mol. The number of amides is 1. The molecule has 0 fully saturated rings. The number of fused-ring (bicyclic) bond motifs is 1. The summed E-state index contributed by atoms with van der Waals surface area (Å²) in [7, 11) is 0.